The van der Waals surface area contributed by atoms with Crippen molar-refractivity contribution >= 4 is 5.91 Å². The number of aryl methyl sites for hydroxylation is 2. The standard InChI is InChI=1S/C15H18N2O/c1-10(2)14(9-16)17-15(18)13-7-6-11-4-3-5-12(11)8-13/h6-8,10,14H,3-5H2,1-2H3,(H,17,18). The molecule has 1 amide bonds. The predicted octanol–water partition coefficient (Wildman–Crippen LogP) is 2.45. The summed E-state index contributed by atoms with van der Waals surface area (Å²) in [6.45, 7) is 3.85. The molecule has 1 aliphatic rings. The van der Waals surface area contributed by atoms with Crippen LogP contribution >= 0.6 is 0 Å². The number of carbonyl (C=O) groups excluding carboxylic acids is 1. The first-order valence-corrected chi connectivity index (χ1v) is 6.44. The topological polar surface area (TPSA) is 52.9 Å². The Kier molecular flexibility index (Phi) is 3.66. The normalized spacial score (nSPS) is 15.0. The molecule has 18 heavy (non-hydrogen) atoms. The molecule has 0 aromatic heterocycles. The summed E-state index contributed by atoms with van der Waals surface area (Å²) >= 11 is 0. The van der Waals surface area contributed by atoms with E-state index < -0.39 is 6.04 Å². The lowest BCUT2D eigenvalue weighted by atomic mass is 10.0. The Balaban J connectivity index is 2.12. The monoisotopic (exact) mass is 242 g/mol. The van der Waals surface area contributed by atoms with Crippen molar-refractivity contribution in [1.29, 1.82) is 5.26 Å². The van der Waals surface area contributed by atoms with E-state index in [1.807, 2.05) is 32.0 Å². The number of fused-ring (bicyclic) bond motifs is 1. The van der Waals surface area contributed by atoms with E-state index >= 15 is 0 Å². The number of nitriles is 1. The molecule has 3 heteroatoms. The van der Waals surface area contributed by atoms with Crippen molar-refractivity contribution in [2.75, 3.05) is 0 Å². The third-order valence-corrected chi connectivity index (χ3v) is 3.45. The van der Waals surface area contributed by atoms with Crippen molar-refractivity contribution in [3.63, 3.8) is 0 Å². The van der Waals surface area contributed by atoms with Gasteiger partial charge >= 0.3 is 0 Å². The van der Waals surface area contributed by atoms with Crippen LogP contribution in [0.4, 0.5) is 0 Å². The van der Waals surface area contributed by atoms with E-state index in [0.717, 1.165) is 12.8 Å². The molecular formula is C15H18N2O. The predicted molar refractivity (Wildman–Crippen MR) is 70.2 cm³/mol. The van der Waals surface area contributed by atoms with Gasteiger partial charge in [0.05, 0.1) is 6.07 Å². The molecule has 3 nitrogen and oxygen atoms in total. The van der Waals surface area contributed by atoms with Gasteiger partial charge in [-0.25, -0.2) is 0 Å². The molecule has 1 N–H and O–H groups in total. The molecule has 2 rings (SSSR count). The van der Waals surface area contributed by atoms with Crippen LogP contribution in [0.25, 0.3) is 0 Å². The zero-order valence-corrected chi connectivity index (χ0v) is 10.9. The molecule has 94 valence electrons. The van der Waals surface area contributed by atoms with Crippen LogP contribution < -0.4 is 5.32 Å². The van der Waals surface area contributed by atoms with Crippen LogP contribution in [-0.4, -0.2) is 11.9 Å². The molecule has 0 saturated carbocycles. The maximum Gasteiger partial charge on any atom is 0.252 e. The summed E-state index contributed by atoms with van der Waals surface area (Å²) in [6, 6.07) is 7.55. The maximum atomic E-state index is 12.1. The number of benzene rings is 1. The average molecular weight is 242 g/mol. The van der Waals surface area contributed by atoms with Gasteiger partial charge in [0.25, 0.3) is 5.91 Å². The highest BCUT2D eigenvalue weighted by Crippen LogP contribution is 2.22. The van der Waals surface area contributed by atoms with Gasteiger partial charge in [-0.2, -0.15) is 5.26 Å². The molecule has 0 spiro atoms. The van der Waals surface area contributed by atoms with E-state index in [9.17, 15) is 4.79 Å². The SMILES string of the molecule is CC(C)C(C#N)NC(=O)c1ccc2c(c1)CCC2. The highest BCUT2D eigenvalue weighted by atomic mass is 16.1. The Morgan fingerprint density at radius 2 is 2.06 bits per heavy atom. The van der Waals surface area contributed by atoms with E-state index in [-0.39, 0.29) is 11.8 Å². The van der Waals surface area contributed by atoms with Crippen LogP contribution in [0.15, 0.2) is 18.2 Å². The van der Waals surface area contributed by atoms with E-state index in [1.165, 1.54) is 17.5 Å². The highest BCUT2D eigenvalue weighted by molar-refractivity contribution is 5.94. The first-order chi connectivity index (χ1) is 8.61. The number of carbonyl (C=O) groups is 1. The van der Waals surface area contributed by atoms with E-state index in [0.29, 0.717) is 5.56 Å². The van der Waals surface area contributed by atoms with Crippen LogP contribution in [0.3, 0.4) is 0 Å². The van der Waals surface area contributed by atoms with Gasteiger partial charge in [-0.05, 0) is 48.4 Å². The fourth-order valence-electron chi connectivity index (χ4n) is 2.29. The average Bonchev–Trinajstić information content (AvgIpc) is 2.82. The lowest BCUT2D eigenvalue weighted by Crippen LogP contribution is -2.37. The van der Waals surface area contributed by atoms with Crippen LogP contribution in [0.2, 0.25) is 0 Å². The molecule has 1 unspecified atom stereocenters. The van der Waals surface area contributed by atoms with Gasteiger partial charge in [0, 0.05) is 5.56 Å². The smallest absolute Gasteiger partial charge is 0.252 e. The number of amides is 1. The Labute approximate surface area is 108 Å². The van der Waals surface area contributed by atoms with Crippen molar-refractivity contribution in [1.82, 2.24) is 5.32 Å². The number of rotatable bonds is 3. The summed E-state index contributed by atoms with van der Waals surface area (Å²) in [5.41, 5.74) is 3.30. The lowest BCUT2D eigenvalue weighted by Gasteiger charge is -2.15. The number of nitrogens with zero attached hydrogens (tertiary/aromatic N) is 1. The Morgan fingerprint density at radius 3 is 2.72 bits per heavy atom. The van der Waals surface area contributed by atoms with E-state index in [4.69, 9.17) is 5.26 Å². The summed E-state index contributed by atoms with van der Waals surface area (Å²) in [4.78, 5) is 12.1. The molecule has 1 aliphatic carbocycles. The van der Waals surface area contributed by atoms with E-state index in [1.54, 1.807) is 0 Å². The fraction of sp³-hybridized carbons (Fsp3) is 0.467. The molecule has 0 fully saturated rings. The first kappa shape index (κ1) is 12.6. The lowest BCUT2D eigenvalue weighted by molar-refractivity contribution is 0.0937. The number of hydrogen-bond acceptors (Lipinski definition) is 2. The second-order valence-electron chi connectivity index (χ2n) is 5.16. The summed E-state index contributed by atoms with van der Waals surface area (Å²) < 4.78 is 0. The fourth-order valence-corrected chi connectivity index (χ4v) is 2.29. The van der Waals surface area contributed by atoms with E-state index in [2.05, 4.69) is 11.4 Å². The van der Waals surface area contributed by atoms with Crippen molar-refractivity contribution in [2.45, 2.75) is 39.2 Å². The van der Waals surface area contributed by atoms with Gasteiger partial charge in [0.15, 0.2) is 0 Å². The van der Waals surface area contributed by atoms with Gasteiger partial charge < -0.3 is 5.32 Å². The summed E-state index contributed by atoms with van der Waals surface area (Å²) in [7, 11) is 0. The number of nitrogens with one attached hydrogen (secondary N) is 1. The van der Waals surface area contributed by atoms with Gasteiger partial charge in [-0.3, -0.25) is 4.79 Å². The number of hydrogen-bond donors (Lipinski definition) is 1. The Bertz CT molecular complexity index is 500. The molecule has 0 aliphatic heterocycles. The molecule has 1 aromatic rings. The Morgan fingerprint density at radius 1 is 1.33 bits per heavy atom. The molecule has 0 heterocycles. The van der Waals surface area contributed by atoms with Crippen molar-refractivity contribution in [2.24, 2.45) is 5.92 Å². The van der Waals surface area contributed by atoms with Crippen molar-refractivity contribution < 1.29 is 4.79 Å². The minimum atomic E-state index is -0.425. The van der Waals surface area contributed by atoms with Crippen molar-refractivity contribution in [3.8, 4) is 6.07 Å². The summed E-state index contributed by atoms with van der Waals surface area (Å²) in [5, 5.41) is 11.8. The van der Waals surface area contributed by atoms with Crippen LogP contribution in [0, 0.1) is 17.2 Å². The second-order valence-corrected chi connectivity index (χ2v) is 5.16. The highest BCUT2D eigenvalue weighted by Gasteiger charge is 2.18. The molecule has 0 saturated heterocycles. The van der Waals surface area contributed by atoms with Gasteiger partial charge in [-0.1, -0.05) is 19.9 Å². The molecular weight excluding hydrogens is 224 g/mol. The molecule has 0 radical (unpaired) electrons. The molecule has 0 bridgehead atoms. The molecule has 1 atom stereocenters. The second kappa shape index (κ2) is 5.22. The summed E-state index contributed by atoms with van der Waals surface area (Å²) in [6.07, 6.45) is 3.35. The van der Waals surface area contributed by atoms with Gasteiger partial charge in [-0.15, -0.1) is 0 Å². The van der Waals surface area contributed by atoms with Crippen LogP contribution in [-0.2, 0) is 12.8 Å². The Hall–Kier alpha value is -1.82. The maximum absolute atomic E-state index is 12.1. The molecule has 1 aromatic carbocycles. The third kappa shape index (κ3) is 2.53. The van der Waals surface area contributed by atoms with Gasteiger partial charge in [0.1, 0.15) is 6.04 Å². The van der Waals surface area contributed by atoms with Crippen LogP contribution in [0.1, 0.15) is 41.8 Å². The minimum absolute atomic E-state index is 0.119. The van der Waals surface area contributed by atoms with Gasteiger partial charge in [0.2, 0.25) is 0 Å². The third-order valence-electron chi connectivity index (χ3n) is 3.45. The zero-order chi connectivity index (χ0) is 13.1. The zero-order valence-electron chi connectivity index (χ0n) is 10.9. The minimum Gasteiger partial charge on any atom is -0.336 e. The van der Waals surface area contributed by atoms with Crippen molar-refractivity contribution in [3.05, 3.63) is 34.9 Å². The van der Waals surface area contributed by atoms with Crippen LogP contribution in [0.5, 0.6) is 0 Å². The quantitative estimate of drug-likeness (QED) is 0.885. The summed E-state index contributed by atoms with van der Waals surface area (Å²) in [5.74, 6) is -0.0293. The first-order valence-electron chi connectivity index (χ1n) is 6.44. The largest absolute Gasteiger partial charge is 0.336 e.